The monoisotopic (exact) mass is 347 g/mol. The number of carbonyl (C=O) groups is 1. The maximum absolute atomic E-state index is 12.1. The van der Waals surface area contributed by atoms with E-state index in [0.717, 1.165) is 42.8 Å². The van der Waals surface area contributed by atoms with Gasteiger partial charge in [0.25, 0.3) is 0 Å². The van der Waals surface area contributed by atoms with Crippen LogP contribution in [0, 0.1) is 13.8 Å². The number of rotatable bonds is 3. The minimum absolute atomic E-state index is 0.0741. The number of imidazole rings is 1. The van der Waals surface area contributed by atoms with Gasteiger partial charge in [0.05, 0.1) is 17.1 Å². The molecule has 2 heterocycles. The summed E-state index contributed by atoms with van der Waals surface area (Å²) in [5, 5.41) is 0. The van der Waals surface area contributed by atoms with Gasteiger partial charge in [-0.25, -0.2) is 4.98 Å². The number of likely N-dealkylation sites (tertiary alicyclic amines) is 1. The van der Waals surface area contributed by atoms with Gasteiger partial charge in [-0.1, -0.05) is 35.9 Å². The Hall–Kier alpha value is -2.62. The molecule has 26 heavy (non-hydrogen) atoms. The van der Waals surface area contributed by atoms with Crippen LogP contribution in [0.5, 0.6) is 0 Å². The molecule has 134 valence electrons. The van der Waals surface area contributed by atoms with Crippen LogP contribution < -0.4 is 0 Å². The van der Waals surface area contributed by atoms with E-state index in [9.17, 15) is 4.79 Å². The molecule has 4 heteroatoms. The summed E-state index contributed by atoms with van der Waals surface area (Å²) in [7, 11) is 0. The van der Waals surface area contributed by atoms with Gasteiger partial charge in [-0.15, -0.1) is 0 Å². The van der Waals surface area contributed by atoms with Crippen molar-refractivity contribution in [1.82, 2.24) is 14.5 Å². The van der Waals surface area contributed by atoms with E-state index in [0.29, 0.717) is 0 Å². The lowest BCUT2D eigenvalue weighted by Crippen LogP contribution is -2.30. The Morgan fingerprint density at radius 2 is 2.00 bits per heavy atom. The second-order valence-electron chi connectivity index (χ2n) is 7.35. The maximum Gasteiger partial charge on any atom is 0.220 e. The van der Waals surface area contributed by atoms with Gasteiger partial charge in [0.1, 0.15) is 5.82 Å². The van der Waals surface area contributed by atoms with Crippen LogP contribution in [0.3, 0.4) is 0 Å². The number of fused-ring (bicyclic) bond motifs is 1. The zero-order chi connectivity index (χ0) is 18.3. The first kappa shape index (κ1) is 16.8. The fourth-order valence-corrected chi connectivity index (χ4v) is 4.07. The average Bonchev–Trinajstić information content (AvgIpc) is 3.23. The molecule has 1 aromatic heterocycles. The number of para-hydroxylation sites is 2. The molecule has 1 aliphatic heterocycles. The fourth-order valence-electron chi connectivity index (χ4n) is 4.07. The van der Waals surface area contributed by atoms with Gasteiger partial charge in [0, 0.05) is 20.0 Å². The Balaban J connectivity index is 1.84. The van der Waals surface area contributed by atoms with E-state index in [2.05, 4.69) is 54.8 Å². The van der Waals surface area contributed by atoms with E-state index in [4.69, 9.17) is 4.98 Å². The summed E-state index contributed by atoms with van der Waals surface area (Å²) in [4.78, 5) is 19.0. The molecule has 1 atom stereocenters. The standard InChI is InChI=1S/C22H25N3O/c1-15-10-11-16(2)18(13-15)14-25-20-8-5-4-7-19(20)23-22(25)21-9-6-12-24(21)17(3)26/h4-5,7-8,10-11,13,21H,6,9,12,14H2,1-3H3/t21-/m0/s1. The fraction of sp³-hybridized carbons (Fsp3) is 0.364. The third-order valence-electron chi connectivity index (χ3n) is 5.47. The van der Waals surface area contributed by atoms with Crippen molar-refractivity contribution in [1.29, 1.82) is 0 Å². The molecule has 0 spiro atoms. The lowest BCUT2D eigenvalue weighted by molar-refractivity contribution is -0.129. The summed E-state index contributed by atoms with van der Waals surface area (Å²) < 4.78 is 2.31. The molecule has 1 saturated heterocycles. The number of amides is 1. The van der Waals surface area contributed by atoms with Crippen molar-refractivity contribution in [2.45, 2.75) is 46.2 Å². The SMILES string of the molecule is CC(=O)N1CCC[C@H]1c1nc2ccccc2n1Cc1cc(C)ccc1C. The molecular formula is C22H25N3O. The molecule has 1 amide bonds. The van der Waals surface area contributed by atoms with Crippen LogP contribution in [0.1, 0.15) is 48.3 Å². The van der Waals surface area contributed by atoms with Crippen LogP contribution >= 0.6 is 0 Å². The van der Waals surface area contributed by atoms with Crippen LogP contribution in [-0.2, 0) is 11.3 Å². The number of nitrogens with zero attached hydrogens (tertiary/aromatic N) is 3. The van der Waals surface area contributed by atoms with Crippen molar-refractivity contribution in [2.75, 3.05) is 6.54 Å². The van der Waals surface area contributed by atoms with Crippen molar-refractivity contribution < 1.29 is 4.79 Å². The van der Waals surface area contributed by atoms with E-state index in [1.807, 2.05) is 11.0 Å². The number of aromatic nitrogens is 2. The highest BCUT2D eigenvalue weighted by Gasteiger charge is 2.32. The molecule has 0 saturated carbocycles. The number of hydrogen-bond acceptors (Lipinski definition) is 2. The zero-order valence-electron chi connectivity index (χ0n) is 15.7. The second kappa shape index (κ2) is 6.60. The number of hydrogen-bond donors (Lipinski definition) is 0. The lowest BCUT2D eigenvalue weighted by atomic mass is 10.1. The number of carbonyl (C=O) groups excluding carboxylic acids is 1. The summed E-state index contributed by atoms with van der Waals surface area (Å²) >= 11 is 0. The van der Waals surface area contributed by atoms with E-state index in [1.165, 1.54) is 16.7 Å². The average molecular weight is 347 g/mol. The van der Waals surface area contributed by atoms with Gasteiger partial charge >= 0.3 is 0 Å². The summed E-state index contributed by atoms with van der Waals surface area (Å²) in [6, 6.07) is 14.9. The van der Waals surface area contributed by atoms with Gasteiger partial charge in [0.2, 0.25) is 5.91 Å². The molecule has 0 aliphatic carbocycles. The third kappa shape index (κ3) is 2.90. The Morgan fingerprint density at radius 1 is 1.19 bits per heavy atom. The Labute approximate surface area is 154 Å². The number of aryl methyl sites for hydroxylation is 2. The predicted octanol–water partition coefficient (Wildman–Crippen LogP) is 4.38. The Morgan fingerprint density at radius 3 is 2.81 bits per heavy atom. The van der Waals surface area contributed by atoms with Gasteiger partial charge in [0.15, 0.2) is 0 Å². The molecule has 1 aliphatic rings. The molecular weight excluding hydrogens is 322 g/mol. The topological polar surface area (TPSA) is 38.1 Å². The van der Waals surface area contributed by atoms with Gasteiger partial charge in [-0.05, 0) is 49.9 Å². The van der Waals surface area contributed by atoms with Crippen molar-refractivity contribution >= 4 is 16.9 Å². The molecule has 3 aromatic rings. The van der Waals surface area contributed by atoms with Crippen LogP contribution in [0.25, 0.3) is 11.0 Å². The van der Waals surface area contributed by atoms with E-state index in [1.54, 1.807) is 6.92 Å². The molecule has 4 rings (SSSR count). The van der Waals surface area contributed by atoms with Crippen molar-refractivity contribution in [3.8, 4) is 0 Å². The molecule has 0 unspecified atom stereocenters. The first-order chi connectivity index (χ1) is 12.5. The second-order valence-corrected chi connectivity index (χ2v) is 7.35. The lowest BCUT2D eigenvalue weighted by Gasteiger charge is -2.24. The highest BCUT2D eigenvalue weighted by molar-refractivity contribution is 5.77. The van der Waals surface area contributed by atoms with Crippen LogP contribution in [-0.4, -0.2) is 26.9 Å². The van der Waals surface area contributed by atoms with E-state index in [-0.39, 0.29) is 11.9 Å². The molecule has 0 bridgehead atoms. The largest absolute Gasteiger partial charge is 0.333 e. The minimum atomic E-state index is 0.0741. The molecule has 1 fully saturated rings. The van der Waals surface area contributed by atoms with Gasteiger partial charge in [-0.3, -0.25) is 4.79 Å². The predicted molar refractivity (Wildman–Crippen MR) is 104 cm³/mol. The van der Waals surface area contributed by atoms with Gasteiger partial charge in [-0.2, -0.15) is 0 Å². The van der Waals surface area contributed by atoms with Crippen molar-refractivity contribution in [3.05, 3.63) is 65.0 Å². The first-order valence-electron chi connectivity index (χ1n) is 9.33. The highest BCUT2D eigenvalue weighted by atomic mass is 16.2. The molecule has 0 radical (unpaired) electrons. The minimum Gasteiger partial charge on any atom is -0.333 e. The highest BCUT2D eigenvalue weighted by Crippen LogP contribution is 2.34. The summed E-state index contributed by atoms with van der Waals surface area (Å²) in [5.74, 6) is 1.15. The zero-order valence-corrected chi connectivity index (χ0v) is 15.7. The quantitative estimate of drug-likeness (QED) is 0.705. The van der Waals surface area contributed by atoms with E-state index < -0.39 is 0 Å². The van der Waals surface area contributed by atoms with Gasteiger partial charge < -0.3 is 9.47 Å². The van der Waals surface area contributed by atoms with Crippen LogP contribution in [0.15, 0.2) is 42.5 Å². The third-order valence-corrected chi connectivity index (χ3v) is 5.47. The summed E-state index contributed by atoms with van der Waals surface area (Å²) in [5.41, 5.74) is 6.00. The summed E-state index contributed by atoms with van der Waals surface area (Å²) in [6.45, 7) is 7.56. The van der Waals surface area contributed by atoms with Crippen LogP contribution in [0.4, 0.5) is 0 Å². The van der Waals surface area contributed by atoms with E-state index >= 15 is 0 Å². The smallest absolute Gasteiger partial charge is 0.220 e. The molecule has 2 aromatic carbocycles. The Bertz CT molecular complexity index is 973. The Kier molecular flexibility index (Phi) is 4.27. The number of benzene rings is 2. The van der Waals surface area contributed by atoms with Crippen LogP contribution in [0.2, 0.25) is 0 Å². The van der Waals surface area contributed by atoms with Crippen molar-refractivity contribution in [2.24, 2.45) is 0 Å². The molecule has 4 nitrogen and oxygen atoms in total. The van der Waals surface area contributed by atoms with Crippen molar-refractivity contribution in [3.63, 3.8) is 0 Å². The normalized spacial score (nSPS) is 17.2. The summed E-state index contributed by atoms with van der Waals surface area (Å²) in [6.07, 6.45) is 2.02. The molecule has 0 N–H and O–H groups in total. The maximum atomic E-state index is 12.1. The first-order valence-corrected chi connectivity index (χ1v) is 9.33.